The summed E-state index contributed by atoms with van der Waals surface area (Å²) in [6.45, 7) is 3.54. The minimum absolute atomic E-state index is 0.389. The van der Waals surface area contributed by atoms with Crippen LogP contribution in [0.25, 0.3) is 0 Å². The summed E-state index contributed by atoms with van der Waals surface area (Å²) in [5.41, 5.74) is 1.29. The van der Waals surface area contributed by atoms with Crippen LogP contribution in [0.2, 0.25) is 0 Å². The molecular weight excluding hydrogens is 262 g/mol. The highest BCUT2D eigenvalue weighted by Crippen LogP contribution is 2.42. The second kappa shape index (κ2) is 8.40. The maximum Gasteiger partial charge on any atom is 0.124 e. The van der Waals surface area contributed by atoms with Crippen LogP contribution >= 0.6 is 0 Å². The van der Waals surface area contributed by atoms with E-state index in [9.17, 15) is 0 Å². The first-order valence-electron chi connectivity index (χ1n) is 8.18. The molecule has 0 radical (unpaired) electrons. The van der Waals surface area contributed by atoms with Gasteiger partial charge in [0, 0.05) is 18.7 Å². The number of nitrogens with one attached hydrogen (secondary N) is 1. The molecule has 1 aromatic rings. The molecule has 0 heterocycles. The van der Waals surface area contributed by atoms with Crippen molar-refractivity contribution in [3.63, 3.8) is 0 Å². The molecule has 0 aromatic heterocycles. The summed E-state index contributed by atoms with van der Waals surface area (Å²) in [7, 11) is 3.77. The summed E-state index contributed by atoms with van der Waals surface area (Å²) in [6, 6.07) is 8.81. The summed E-state index contributed by atoms with van der Waals surface area (Å²) >= 11 is 0. The van der Waals surface area contributed by atoms with Crippen LogP contribution in [0.4, 0.5) is 0 Å². The molecule has 2 rings (SSSR count). The van der Waals surface area contributed by atoms with E-state index in [1.807, 2.05) is 6.07 Å². The van der Waals surface area contributed by atoms with Crippen LogP contribution in [0.1, 0.15) is 44.2 Å². The highest BCUT2D eigenvalue weighted by atomic mass is 16.5. The minimum Gasteiger partial charge on any atom is -0.491 e. The van der Waals surface area contributed by atoms with Crippen molar-refractivity contribution < 1.29 is 9.47 Å². The van der Waals surface area contributed by atoms with Crippen LogP contribution in [0.15, 0.2) is 24.3 Å². The molecule has 0 bridgehead atoms. The predicted molar refractivity (Wildman–Crippen MR) is 86.7 cm³/mol. The first-order chi connectivity index (χ1) is 10.3. The maximum absolute atomic E-state index is 5.91. The summed E-state index contributed by atoms with van der Waals surface area (Å²) in [5, 5.41) is 3.52. The van der Waals surface area contributed by atoms with Crippen molar-refractivity contribution in [2.45, 2.75) is 38.6 Å². The lowest BCUT2D eigenvalue weighted by Crippen LogP contribution is -2.24. The standard InChI is InChI=1S/C18H29NO2/c1-4-14-9-10-15(13-14)18(19-2)16-7-5-6-8-17(16)21-12-11-20-3/h5-8,14-15,18-19H,4,9-13H2,1-3H3. The number of hydrogen-bond acceptors (Lipinski definition) is 3. The summed E-state index contributed by atoms with van der Waals surface area (Å²) in [6.07, 6.45) is 5.32. The van der Waals surface area contributed by atoms with Crippen molar-refractivity contribution >= 4 is 0 Å². The molecule has 118 valence electrons. The Kier molecular flexibility index (Phi) is 6.52. The van der Waals surface area contributed by atoms with Gasteiger partial charge in [0.25, 0.3) is 0 Å². The molecule has 0 saturated heterocycles. The molecule has 3 nitrogen and oxygen atoms in total. The molecule has 3 atom stereocenters. The number of ether oxygens (including phenoxy) is 2. The Balaban J connectivity index is 2.10. The Morgan fingerprint density at radius 3 is 2.71 bits per heavy atom. The SMILES string of the molecule is CCC1CCC(C(NC)c2ccccc2OCCOC)C1. The van der Waals surface area contributed by atoms with Gasteiger partial charge in [-0.1, -0.05) is 38.0 Å². The smallest absolute Gasteiger partial charge is 0.124 e. The third kappa shape index (κ3) is 4.21. The second-order valence-electron chi connectivity index (χ2n) is 5.99. The Bertz CT molecular complexity index is 421. The molecule has 1 N–H and O–H groups in total. The molecule has 0 spiro atoms. The first-order valence-corrected chi connectivity index (χ1v) is 8.18. The molecule has 1 aliphatic rings. The van der Waals surface area contributed by atoms with E-state index in [1.54, 1.807) is 7.11 Å². The van der Waals surface area contributed by atoms with E-state index in [0.29, 0.717) is 25.2 Å². The van der Waals surface area contributed by atoms with E-state index in [-0.39, 0.29) is 0 Å². The number of methoxy groups -OCH3 is 1. The second-order valence-corrected chi connectivity index (χ2v) is 5.99. The van der Waals surface area contributed by atoms with Crippen molar-refractivity contribution in [2.24, 2.45) is 11.8 Å². The van der Waals surface area contributed by atoms with Crippen LogP contribution in [-0.4, -0.2) is 27.4 Å². The lowest BCUT2D eigenvalue weighted by molar-refractivity contribution is 0.145. The first kappa shape index (κ1) is 16.3. The van der Waals surface area contributed by atoms with Crippen LogP contribution in [0.5, 0.6) is 5.75 Å². The topological polar surface area (TPSA) is 30.5 Å². The van der Waals surface area contributed by atoms with Crippen molar-refractivity contribution in [3.8, 4) is 5.75 Å². The van der Waals surface area contributed by atoms with Gasteiger partial charge in [0.05, 0.1) is 6.61 Å². The van der Waals surface area contributed by atoms with Gasteiger partial charge in [-0.15, -0.1) is 0 Å². The third-order valence-corrected chi connectivity index (χ3v) is 4.74. The highest BCUT2D eigenvalue weighted by Gasteiger charge is 2.31. The summed E-state index contributed by atoms with van der Waals surface area (Å²) < 4.78 is 11.0. The molecule has 0 amide bonds. The molecule has 1 aromatic carbocycles. The zero-order valence-electron chi connectivity index (χ0n) is 13.6. The fourth-order valence-corrected chi connectivity index (χ4v) is 3.54. The van der Waals surface area contributed by atoms with Gasteiger partial charge in [0.1, 0.15) is 12.4 Å². The van der Waals surface area contributed by atoms with E-state index in [4.69, 9.17) is 9.47 Å². The number of para-hydroxylation sites is 1. The molecule has 21 heavy (non-hydrogen) atoms. The van der Waals surface area contributed by atoms with Gasteiger partial charge in [-0.05, 0) is 37.8 Å². The van der Waals surface area contributed by atoms with E-state index in [0.717, 1.165) is 11.7 Å². The lowest BCUT2D eigenvalue weighted by Gasteiger charge is -2.26. The van der Waals surface area contributed by atoms with Crippen LogP contribution in [-0.2, 0) is 4.74 Å². The molecule has 3 unspecified atom stereocenters. The molecule has 3 heteroatoms. The Morgan fingerprint density at radius 1 is 1.24 bits per heavy atom. The molecule has 1 aliphatic carbocycles. The average molecular weight is 291 g/mol. The highest BCUT2D eigenvalue weighted by molar-refractivity contribution is 5.36. The van der Waals surface area contributed by atoms with Gasteiger partial charge in [0.15, 0.2) is 0 Å². The number of rotatable bonds is 8. The third-order valence-electron chi connectivity index (χ3n) is 4.74. The van der Waals surface area contributed by atoms with Crippen molar-refractivity contribution in [1.82, 2.24) is 5.32 Å². The summed E-state index contributed by atoms with van der Waals surface area (Å²) in [5.74, 6) is 2.60. The fraction of sp³-hybridized carbons (Fsp3) is 0.667. The van der Waals surface area contributed by atoms with Gasteiger partial charge in [-0.2, -0.15) is 0 Å². The van der Waals surface area contributed by atoms with E-state index >= 15 is 0 Å². The maximum atomic E-state index is 5.91. The van der Waals surface area contributed by atoms with Crippen molar-refractivity contribution in [2.75, 3.05) is 27.4 Å². The number of benzene rings is 1. The molecular formula is C18H29NO2. The van der Waals surface area contributed by atoms with Gasteiger partial charge >= 0.3 is 0 Å². The molecule has 1 saturated carbocycles. The van der Waals surface area contributed by atoms with E-state index < -0.39 is 0 Å². The zero-order chi connectivity index (χ0) is 15.1. The van der Waals surface area contributed by atoms with E-state index in [2.05, 4.69) is 37.5 Å². The molecule has 0 aliphatic heterocycles. The van der Waals surface area contributed by atoms with Gasteiger partial charge in [0.2, 0.25) is 0 Å². The van der Waals surface area contributed by atoms with Gasteiger partial charge < -0.3 is 14.8 Å². The Morgan fingerprint density at radius 2 is 2.05 bits per heavy atom. The molecule has 1 fully saturated rings. The van der Waals surface area contributed by atoms with E-state index in [1.165, 1.54) is 31.2 Å². The van der Waals surface area contributed by atoms with Crippen LogP contribution < -0.4 is 10.1 Å². The largest absolute Gasteiger partial charge is 0.491 e. The Hall–Kier alpha value is -1.06. The monoisotopic (exact) mass is 291 g/mol. The summed E-state index contributed by atoms with van der Waals surface area (Å²) in [4.78, 5) is 0. The van der Waals surface area contributed by atoms with Crippen LogP contribution in [0.3, 0.4) is 0 Å². The van der Waals surface area contributed by atoms with Gasteiger partial charge in [-0.25, -0.2) is 0 Å². The predicted octanol–water partition coefficient (Wildman–Crippen LogP) is 3.80. The zero-order valence-corrected chi connectivity index (χ0v) is 13.6. The van der Waals surface area contributed by atoms with Gasteiger partial charge in [-0.3, -0.25) is 0 Å². The minimum atomic E-state index is 0.389. The van der Waals surface area contributed by atoms with Crippen molar-refractivity contribution in [1.29, 1.82) is 0 Å². The van der Waals surface area contributed by atoms with Crippen molar-refractivity contribution in [3.05, 3.63) is 29.8 Å². The number of hydrogen-bond donors (Lipinski definition) is 1. The average Bonchev–Trinajstić information content (AvgIpc) is 2.98. The lowest BCUT2D eigenvalue weighted by atomic mass is 9.90. The normalized spacial score (nSPS) is 23.2. The quantitative estimate of drug-likeness (QED) is 0.739. The van der Waals surface area contributed by atoms with Crippen LogP contribution in [0, 0.1) is 11.8 Å². The fourth-order valence-electron chi connectivity index (χ4n) is 3.54. The Labute approximate surface area is 129 Å².